The Hall–Kier alpha value is -1.49. The maximum absolute atomic E-state index is 13.0. The molecule has 0 aliphatic heterocycles. The van der Waals surface area contributed by atoms with Gasteiger partial charge in [-0.05, 0) is 34.3 Å². The van der Waals surface area contributed by atoms with Crippen molar-refractivity contribution in [2.75, 3.05) is 0 Å². The van der Waals surface area contributed by atoms with Crippen LogP contribution in [0.4, 0.5) is 5.69 Å². The maximum Gasteiger partial charge on any atom is 1.00 e. The molecule has 3 heteroatoms. The molecule has 0 saturated carbocycles. The van der Waals surface area contributed by atoms with Crippen LogP contribution < -0.4 is 29.0 Å². The van der Waals surface area contributed by atoms with E-state index in [0.29, 0.717) is 11.8 Å². The van der Waals surface area contributed by atoms with Crippen molar-refractivity contribution in [3.63, 3.8) is 0 Å². The van der Waals surface area contributed by atoms with Crippen molar-refractivity contribution in [1.29, 1.82) is 0 Å². The number of para-hydroxylation sites is 1. The molecule has 152 valence electrons. The van der Waals surface area contributed by atoms with Gasteiger partial charge in [0.2, 0.25) is 5.69 Å². The molecule has 0 heterocycles. The van der Waals surface area contributed by atoms with Crippen molar-refractivity contribution in [3.05, 3.63) is 58.1 Å². The van der Waals surface area contributed by atoms with E-state index in [1.807, 2.05) is 6.21 Å². The summed E-state index contributed by atoms with van der Waals surface area (Å²) in [5, 5.41) is 13.0. The van der Waals surface area contributed by atoms with Gasteiger partial charge in [-0.25, -0.2) is 4.99 Å². The third-order valence-electron chi connectivity index (χ3n) is 5.40. The van der Waals surface area contributed by atoms with E-state index in [4.69, 9.17) is 0 Å². The van der Waals surface area contributed by atoms with Crippen molar-refractivity contribution in [3.8, 4) is 5.75 Å². The first-order valence-electron chi connectivity index (χ1n) is 10.5. The monoisotopic (exact) mass is 386 g/mol. The summed E-state index contributed by atoms with van der Waals surface area (Å²) < 4.78 is 0. The van der Waals surface area contributed by atoms with E-state index < -0.39 is 0 Å². The van der Waals surface area contributed by atoms with Gasteiger partial charge >= 0.3 is 18.9 Å². The van der Waals surface area contributed by atoms with Gasteiger partial charge < -0.3 is 5.11 Å². The van der Waals surface area contributed by atoms with Crippen LogP contribution in [-0.2, 0) is 5.41 Å². The number of hydrogen-bond acceptors (Lipinski definition) is 1. The van der Waals surface area contributed by atoms with Gasteiger partial charge in [-0.1, -0.05) is 98.4 Å². The molecule has 0 aromatic heterocycles. The van der Waals surface area contributed by atoms with E-state index in [0.717, 1.165) is 22.4 Å². The van der Waals surface area contributed by atoms with Gasteiger partial charge in [0, 0.05) is 16.7 Å². The summed E-state index contributed by atoms with van der Waals surface area (Å²) in [6.45, 7) is 19.6. The fourth-order valence-corrected chi connectivity index (χ4v) is 3.58. The Morgan fingerprint density at radius 3 is 1.72 bits per heavy atom. The van der Waals surface area contributed by atoms with Gasteiger partial charge in [-0.2, -0.15) is 0 Å². The van der Waals surface area contributed by atoms with Gasteiger partial charge in [-0.3, -0.25) is 0 Å². The van der Waals surface area contributed by atoms with Gasteiger partial charge in [0.05, 0.1) is 0 Å². The van der Waals surface area contributed by atoms with Gasteiger partial charge in [0.15, 0.2) is 6.21 Å². The number of benzene rings is 2. The average Bonchev–Trinajstić information content (AvgIpc) is 2.58. The van der Waals surface area contributed by atoms with Crippen molar-refractivity contribution in [2.45, 2.75) is 85.5 Å². The smallest absolute Gasteiger partial charge is 0.872 e. The summed E-state index contributed by atoms with van der Waals surface area (Å²) in [6, 6.07) is 10.5. The topological polar surface area (TPSA) is 37.0 Å². The third-order valence-corrected chi connectivity index (χ3v) is 5.40. The molecule has 0 amide bonds. The molecule has 0 radical (unpaired) electrons. The van der Waals surface area contributed by atoms with Crippen molar-refractivity contribution < 1.29 is 29.0 Å². The molecule has 2 aromatic carbocycles. The average molecular weight is 387 g/mol. The van der Waals surface area contributed by atoms with Gasteiger partial charge in [0.1, 0.15) is 0 Å². The van der Waals surface area contributed by atoms with Crippen LogP contribution in [0.15, 0.2) is 30.3 Å². The molecule has 0 aliphatic carbocycles. The molecule has 0 bridgehead atoms. The van der Waals surface area contributed by atoms with Gasteiger partial charge in [0.25, 0.3) is 0 Å². The van der Waals surface area contributed by atoms with Crippen molar-refractivity contribution >= 4 is 11.9 Å². The van der Waals surface area contributed by atoms with E-state index in [2.05, 4.69) is 91.6 Å². The van der Waals surface area contributed by atoms with Crippen LogP contribution >= 0.6 is 0 Å². The normalized spacial score (nSPS) is 12.3. The number of rotatable bonds is 5. The summed E-state index contributed by atoms with van der Waals surface area (Å²) in [4.78, 5) is 3.53. The largest absolute Gasteiger partial charge is 1.00 e. The zero-order chi connectivity index (χ0) is 21.2. The van der Waals surface area contributed by atoms with E-state index in [1.165, 1.54) is 11.1 Å². The van der Waals surface area contributed by atoms with Crippen LogP contribution in [0.5, 0.6) is 5.75 Å². The summed E-state index contributed by atoms with van der Waals surface area (Å²) in [5.41, 5.74) is 6.66. The first kappa shape index (κ1) is 25.5. The Bertz CT molecular complexity index is 831. The zero-order valence-corrected chi connectivity index (χ0v) is 20.1. The van der Waals surface area contributed by atoms with Crippen LogP contribution in [0.1, 0.15) is 108 Å². The molecule has 0 unspecified atom stereocenters. The van der Waals surface area contributed by atoms with Gasteiger partial charge in [-0.15, -0.1) is 0 Å². The van der Waals surface area contributed by atoms with Crippen LogP contribution in [-0.4, -0.2) is 6.21 Å². The molecule has 2 aromatic rings. The second-order valence-electron chi connectivity index (χ2n) is 9.79. The first-order chi connectivity index (χ1) is 12.9. The standard InChI is InChI=1S/C26H37NO.Li/c1-16(2)20-11-10-12-21(17(3)4)25(20)27-15-23-22(18(5)6)13-19(14-24(23)28)26(7,8)9;/h10-18,28H,1-9H3;/q;+1. The van der Waals surface area contributed by atoms with E-state index >= 15 is 0 Å². The van der Waals surface area contributed by atoms with Crippen LogP contribution in [0.3, 0.4) is 0 Å². The fraction of sp³-hybridized carbons (Fsp3) is 0.500. The second-order valence-corrected chi connectivity index (χ2v) is 9.79. The van der Waals surface area contributed by atoms with E-state index in [9.17, 15) is 5.11 Å². The summed E-state index contributed by atoms with van der Waals surface area (Å²) in [6.07, 6.45) is 1.93. The minimum absolute atomic E-state index is 0. The molecule has 0 spiro atoms. The zero-order valence-electron chi connectivity index (χ0n) is 20.1. The van der Waals surface area contributed by atoms with E-state index in [-0.39, 0.29) is 35.9 Å². The minimum Gasteiger partial charge on any atom is -0.872 e. The maximum atomic E-state index is 13.0. The fourth-order valence-electron chi connectivity index (χ4n) is 3.58. The number of hydrogen-bond donors (Lipinski definition) is 1. The molecule has 0 fully saturated rings. The molecular formula is C26H37LiNO+. The molecule has 2 rings (SSSR count). The van der Waals surface area contributed by atoms with Crippen molar-refractivity contribution in [1.82, 2.24) is 0 Å². The molecule has 0 atom stereocenters. The second kappa shape index (κ2) is 10.0. The summed E-state index contributed by atoms with van der Waals surface area (Å²) in [7, 11) is 0. The summed E-state index contributed by atoms with van der Waals surface area (Å²) in [5.74, 6) is 1.20. The summed E-state index contributed by atoms with van der Waals surface area (Å²) >= 11 is 0. The molecule has 0 saturated heterocycles. The molecule has 2 nitrogen and oxygen atoms in total. The predicted molar refractivity (Wildman–Crippen MR) is 119 cm³/mol. The molecule has 1 N–H and O–H groups in total. The predicted octanol–water partition coefficient (Wildman–Crippen LogP) is 2.26. The van der Waals surface area contributed by atoms with Crippen LogP contribution in [0.2, 0.25) is 0 Å². The third kappa shape index (κ3) is 6.00. The SMILES string of the molecule is CC(C)c1cc(C(C)(C)C)cc([O-])c1C=[NH+]c1c(C(C)C)cccc1C(C)C.[Li+]. The van der Waals surface area contributed by atoms with Crippen LogP contribution in [0.25, 0.3) is 0 Å². The Morgan fingerprint density at radius 1 is 0.828 bits per heavy atom. The van der Waals surface area contributed by atoms with Crippen molar-refractivity contribution in [2.24, 2.45) is 0 Å². The minimum atomic E-state index is -0.0379. The Balaban J connectivity index is 0.00000420. The molecule has 29 heavy (non-hydrogen) atoms. The Morgan fingerprint density at radius 2 is 1.31 bits per heavy atom. The molecular weight excluding hydrogens is 349 g/mol. The first-order valence-corrected chi connectivity index (χ1v) is 10.5. The quantitative estimate of drug-likeness (QED) is 0.621. The Kier molecular flexibility index (Phi) is 8.82. The van der Waals surface area contributed by atoms with E-state index in [1.54, 1.807) is 6.07 Å². The van der Waals surface area contributed by atoms with Crippen LogP contribution in [0, 0.1) is 0 Å². The number of nitrogens with one attached hydrogen (secondary N) is 1. The molecule has 0 aliphatic rings. The Labute approximate surface area is 190 Å².